The molecule has 0 saturated heterocycles. The van der Waals surface area contributed by atoms with Crippen molar-refractivity contribution in [3.8, 4) is 0 Å². The smallest absolute Gasteiger partial charge is 0.0806 e. The topological polar surface area (TPSA) is 27.6 Å². The summed E-state index contributed by atoms with van der Waals surface area (Å²) in [6.45, 7) is 3.17. The fourth-order valence-corrected chi connectivity index (χ4v) is 0.948. The van der Waals surface area contributed by atoms with E-state index in [4.69, 9.17) is 0 Å². The third kappa shape index (κ3) is 1.58. The molecule has 10 heavy (non-hydrogen) atoms. The zero-order valence-corrected chi connectivity index (χ0v) is 6.38. The first-order valence-electron chi connectivity index (χ1n) is 3.68. The Morgan fingerprint density at radius 3 is 2.40 bits per heavy atom. The molecule has 1 nitrogen and oxygen atoms in total. The van der Waals surface area contributed by atoms with E-state index in [2.05, 4.69) is 36.9 Å². The van der Waals surface area contributed by atoms with Gasteiger partial charge in [0.25, 0.3) is 0 Å². The number of hydrogen-bond acceptors (Lipinski definition) is 0. The summed E-state index contributed by atoms with van der Waals surface area (Å²) >= 11 is 0. The van der Waals surface area contributed by atoms with E-state index in [1.54, 1.807) is 0 Å². The fourth-order valence-electron chi connectivity index (χ4n) is 0.948. The maximum Gasteiger partial charge on any atom is 0.0806 e. The summed E-state index contributed by atoms with van der Waals surface area (Å²) in [5.74, 6) is 0.598. The number of hydrogen-bond donors (Lipinski definition) is 1. The van der Waals surface area contributed by atoms with Crippen molar-refractivity contribution in [2.75, 3.05) is 6.54 Å². The Balaban J connectivity index is 2.75. The first-order valence-corrected chi connectivity index (χ1v) is 3.68. The molecular weight excluding hydrogens is 122 g/mol. The maximum absolute atomic E-state index is 3.86. The molecule has 0 unspecified atom stereocenters. The molecule has 0 bridgehead atoms. The molecule has 0 heterocycles. The molecule has 0 fully saturated rings. The molecule has 0 spiro atoms. The summed E-state index contributed by atoms with van der Waals surface area (Å²) in [7, 11) is 0. The molecule has 0 aliphatic heterocycles. The minimum absolute atomic E-state index is 0.598. The SMILES string of the molecule is C[C@@H](C[NH3+])c1ccccc1. The largest absolute Gasteiger partial charge is 0.357 e. The van der Waals surface area contributed by atoms with E-state index in [9.17, 15) is 0 Å². The van der Waals surface area contributed by atoms with E-state index in [0.717, 1.165) is 6.54 Å². The van der Waals surface area contributed by atoms with Crippen LogP contribution in [0.1, 0.15) is 18.4 Å². The molecule has 1 atom stereocenters. The molecule has 0 aliphatic carbocycles. The summed E-state index contributed by atoms with van der Waals surface area (Å²) in [5, 5.41) is 0. The van der Waals surface area contributed by atoms with E-state index in [-0.39, 0.29) is 0 Å². The maximum atomic E-state index is 3.86. The van der Waals surface area contributed by atoms with E-state index >= 15 is 0 Å². The minimum atomic E-state index is 0.598. The van der Waals surface area contributed by atoms with Crippen molar-refractivity contribution < 1.29 is 5.73 Å². The zero-order chi connectivity index (χ0) is 7.40. The average Bonchev–Trinajstić information content (AvgIpc) is 2.05. The van der Waals surface area contributed by atoms with Crippen LogP contribution in [0, 0.1) is 0 Å². The van der Waals surface area contributed by atoms with Crippen LogP contribution in [0.4, 0.5) is 0 Å². The normalized spacial score (nSPS) is 13.0. The Kier molecular flexibility index (Phi) is 2.46. The Morgan fingerprint density at radius 2 is 1.90 bits per heavy atom. The lowest BCUT2D eigenvalue weighted by Crippen LogP contribution is -2.52. The Morgan fingerprint density at radius 1 is 1.30 bits per heavy atom. The van der Waals surface area contributed by atoms with Gasteiger partial charge in [-0.2, -0.15) is 0 Å². The number of rotatable bonds is 2. The van der Waals surface area contributed by atoms with Gasteiger partial charge in [0, 0.05) is 5.92 Å². The van der Waals surface area contributed by atoms with Crippen LogP contribution < -0.4 is 5.73 Å². The molecule has 1 heteroatoms. The van der Waals surface area contributed by atoms with Crippen LogP contribution in [0.2, 0.25) is 0 Å². The van der Waals surface area contributed by atoms with Gasteiger partial charge < -0.3 is 5.73 Å². The van der Waals surface area contributed by atoms with Crippen LogP contribution in [0.25, 0.3) is 0 Å². The van der Waals surface area contributed by atoms with E-state index in [0.29, 0.717) is 5.92 Å². The lowest BCUT2D eigenvalue weighted by atomic mass is 10.0. The Bertz CT molecular complexity index is 181. The number of quaternary nitrogens is 1. The highest BCUT2D eigenvalue weighted by Crippen LogP contribution is 2.10. The first-order chi connectivity index (χ1) is 4.84. The van der Waals surface area contributed by atoms with Crippen molar-refractivity contribution in [3.63, 3.8) is 0 Å². The predicted molar refractivity (Wildman–Crippen MR) is 42.6 cm³/mol. The average molecular weight is 136 g/mol. The van der Waals surface area contributed by atoms with Gasteiger partial charge in [-0.3, -0.25) is 0 Å². The van der Waals surface area contributed by atoms with Crippen molar-refractivity contribution in [2.45, 2.75) is 12.8 Å². The van der Waals surface area contributed by atoms with Crippen LogP contribution in [-0.2, 0) is 0 Å². The second kappa shape index (κ2) is 3.37. The Hall–Kier alpha value is -0.820. The highest BCUT2D eigenvalue weighted by atomic mass is 14.5. The standard InChI is InChI=1S/C9H13N/c1-8(7-10)9-5-3-2-4-6-9/h2-6,8H,7,10H2,1H3/p+1/t8-/m0/s1. The van der Waals surface area contributed by atoms with Crippen molar-refractivity contribution in [1.82, 2.24) is 0 Å². The molecule has 1 aromatic rings. The molecule has 0 radical (unpaired) electrons. The molecule has 0 saturated carbocycles. The van der Waals surface area contributed by atoms with Gasteiger partial charge in [0.1, 0.15) is 0 Å². The van der Waals surface area contributed by atoms with Gasteiger partial charge in [-0.25, -0.2) is 0 Å². The van der Waals surface area contributed by atoms with Gasteiger partial charge in [0.2, 0.25) is 0 Å². The van der Waals surface area contributed by atoms with Crippen LogP contribution in [-0.4, -0.2) is 6.54 Å². The lowest BCUT2D eigenvalue weighted by Gasteiger charge is -2.04. The zero-order valence-electron chi connectivity index (χ0n) is 6.38. The van der Waals surface area contributed by atoms with E-state index in [1.807, 2.05) is 6.07 Å². The van der Waals surface area contributed by atoms with Crippen molar-refractivity contribution in [1.29, 1.82) is 0 Å². The molecule has 0 aliphatic rings. The summed E-state index contributed by atoms with van der Waals surface area (Å²) in [5.41, 5.74) is 5.25. The highest BCUT2D eigenvalue weighted by molar-refractivity contribution is 5.18. The third-order valence-electron chi connectivity index (χ3n) is 1.80. The van der Waals surface area contributed by atoms with Crippen molar-refractivity contribution >= 4 is 0 Å². The first kappa shape index (κ1) is 7.29. The highest BCUT2D eigenvalue weighted by Gasteiger charge is 2.01. The van der Waals surface area contributed by atoms with Gasteiger partial charge >= 0.3 is 0 Å². The molecule has 3 N–H and O–H groups in total. The summed E-state index contributed by atoms with van der Waals surface area (Å²) in [4.78, 5) is 0. The van der Waals surface area contributed by atoms with Crippen molar-refractivity contribution in [2.24, 2.45) is 0 Å². The molecular formula is C9H14N+. The van der Waals surface area contributed by atoms with E-state index < -0.39 is 0 Å². The van der Waals surface area contributed by atoms with Gasteiger partial charge in [0.15, 0.2) is 0 Å². The van der Waals surface area contributed by atoms with Gasteiger partial charge in [-0.1, -0.05) is 37.3 Å². The van der Waals surface area contributed by atoms with E-state index in [1.165, 1.54) is 5.56 Å². The van der Waals surface area contributed by atoms with Gasteiger partial charge in [0.05, 0.1) is 6.54 Å². The van der Waals surface area contributed by atoms with Crippen LogP contribution >= 0.6 is 0 Å². The van der Waals surface area contributed by atoms with Crippen molar-refractivity contribution in [3.05, 3.63) is 35.9 Å². The van der Waals surface area contributed by atoms with Crippen LogP contribution in [0.3, 0.4) is 0 Å². The molecule has 54 valence electrons. The predicted octanol–water partition coefficient (Wildman–Crippen LogP) is 1.03. The second-order valence-corrected chi connectivity index (χ2v) is 2.60. The second-order valence-electron chi connectivity index (χ2n) is 2.60. The Labute approximate surface area is 61.9 Å². The molecule has 0 amide bonds. The summed E-state index contributed by atoms with van der Waals surface area (Å²) < 4.78 is 0. The lowest BCUT2D eigenvalue weighted by molar-refractivity contribution is -0.371. The monoisotopic (exact) mass is 136 g/mol. The molecule has 1 aromatic carbocycles. The van der Waals surface area contributed by atoms with Crippen LogP contribution in [0.5, 0.6) is 0 Å². The van der Waals surface area contributed by atoms with Crippen LogP contribution in [0.15, 0.2) is 30.3 Å². The van der Waals surface area contributed by atoms with Gasteiger partial charge in [-0.05, 0) is 5.56 Å². The summed E-state index contributed by atoms with van der Waals surface area (Å²) in [6, 6.07) is 10.5. The molecule has 1 rings (SSSR count). The third-order valence-corrected chi connectivity index (χ3v) is 1.80. The molecule has 0 aromatic heterocycles. The quantitative estimate of drug-likeness (QED) is 0.629. The number of benzene rings is 1. The fraction of sp³-hybridized carbons (Fsp3) is 0.333. The van der Waals surface area contributed by atoms with Gasteiger partial charge in [-0.15, -0.1) is 0 Å². The summed E-state index contributed by atoms with van der Waals surface area (Å²) in [6.07, 6.45) is 0. The minimum Gasteiger partial charge on any atom is -0.357 e.